The predicted molar refractivity (Wildman–Crippen MR) is 126 cm³/mol. The number of benzene rings is 1. The predicted octanol–water partition coefficient (Wildman–Crippen LogP) is 2.29. The first-order chi connectivity index (χ1) is 15.4. The van der Waals surface area contributed by atoms with E-state index >= 15 is 0 Å². The number of nitrogens with zero attached hydrogens (tertiary/aromatic N) is 2. The summed E-state index contributed by atoms with van der Waals surface area (Å²) in [5, 5.41) is 13.4. The lowest BCUT2D eigenvalue weighted by atomic mass is 9.49. The van der Waals surface area contributed by atoms with Crippen LogP contribution in [0.5, 0.6) is 0 Å². The van der Waals surface area contributed by atoms with Crippen LogP contribution in [0.15, 0.2) is 42.0 Å². The summed E-state index contributed by atoms with van der Waals surface area (Å²) in [5.41, 5.74) is 2.97. The zero-order chi connectivity index (χ0) is 22.6. The Bertz CT molecular complexity index is 787. The molecule has 4 aliphatic rings. The number of carbonyl (C=O) groups is 1. The summed E-state index contributed by atoms with van der Waals surface area (Å²) in [7, 11) is 0. The number of ether oxygens (including phenoxy) is 1. The molecule has 0 spiro atoms. The molecular formula is C26H39N3O3. The number of fused-ring (bicyclic) bond motifs is 1. The largest absolute Gasteiger partial charge is 0.389 e. The smallest absolute Gasteiger partial charge is 0.234 e. The molecule has 6 heteroatoms. The fraction of sp³-hybridized carbons (Fsp3) is 0.654. The maximum Gasteiger partial charge on any atom is 0.234 e. The van der Waals surface area contributed by atoms with E-state index in [-0.39, 0.29) is 5.91 Å². The van der Waals surface area contributed by atoms with Crippen molar-refractivity contribution < 1.29 is 14.6 Å². The number of hydrogen-bond donors (Lipinski definition) is 2. The molecule has 1 amide bonds. The van der Waals surface area contributed by atoms with Gasteiger partial charge in [-0.3, -0.25) is 14.6 Å². The fourth-order valence-corrected chi connectivity index (χ4v) is 5.49. The maximum absolute atomic E-state index is 12.2. The summed E-state index contributed by atoms with van der Waals surface area (Å²) in [5.74, 6) is 1.57. The molecule has 1 saturated heterocycles. The molecule has 3 aliphatic carbocycles. The molecule has 2 fully saturated rings. The van der Waals surface area contributed by atoms with E-state index in [0.29, 0.717) is 44.2 Å². The van der Waals surface area contributed by atoms with Gasteiger partial charge in [0.25, 0.3) is 0 Å². The lowest BCUT2D eigenvalue weighted by Gasteiger charge is -2.56. The second-order valence-electron chi connectivity index (χ2n) is 10.3. The topological polar surface area (TPSA) is 65.0 Å². The Labute approximate surface area is 192 Å². The van der Waals surface area contributed by atoms with Gasteiger partial charge in [0, 0.05) is 39.3 Å². The van der Waals surface area contributed by atoms with E-state index in [4.69, 9.17) is 4.74 Å². The summed E-state index contributed by atoms with van der Waals surface area (Å²) in [6.45, 7) is 10.8. The molecular weight excluding hydrogens is 402 g/mol. The zero-order valence-electron chi connectivity index (χ0n) is 19.6. The molecule has 1 saturated carbocycles. The van der Waals surface area contributed by atoms with Crippen molar-refractivity contribution in [3.8, 4) is 0 Å². The first-order valence-corrected chi connectivity index (χ1v) is 12.1. The van der Waals surface area contributed by atoms with Crippen LogP contribution < -0.4 is 5.32 Å². The summed E-state index contributed by atoms with van der Waals surface area (Å²) >= 11 is 0. The van der Waals surface area contributed by atoms with Gasteiger partial charge in [0.1, 0.15) is 0 Å². The van der Waals surface area contributed by atoms with Gasteiger partial charge < -0.3 is 15.2 Å². The summed E-state index contributed by atoms with van der Waals surface area (Å²) < 4.78 is 5.89. The van der Waals surface area contributed by atoms with Crippen molar-refractivity contribution in [3.05, 3.63) is 47.5 Å². The Morgan fingerprint density at radius 3 is 2.59 bits per heavy atom. The van der Waals surface area contributed by atoms with Crippen molar-refractivity contribution in [2.24, 2.45) is 17.3 Å². The third-order valence-electron chi connectivity index (χ3n) is 7.80. The number of nitrogens with one attached hydrogen (secondary N) is 1. The standard InChI is InChI=1S/C26H39N3O3/c1-26(2)22-9-8-21(24(26)14-22)18-32-19-23(30)16-28-10-12-29(13-11-28)17-25(31)27-15-20-6-4-3-5-7-20/h3-8,22-24,30H,9-19H2,1-2H3,(H,27,31). The quantitative estimate of drug-likeness (QED) is 0.546. The van der Waals surface area contributed by atoms with Crippen LogP contribution in [0.1, 0.15) is 32.3 Å². The second-order valence-corrected chi connectivity index (χ2v) is 10.3. The van der Waals surface area contributed by atoms with E-state index in [9.17, 15) is 9.90 Å². The molecule has 1 aromatic rings. The minimum Gasteiger partial charge on any atom is -0.389 e. The molecule has 1 heterocycles. The second kappa shape index (κ2) is 10.5. The third-order valence-corrected chi connectivity index (χ3v) is 7.80. The van der Waals surface area contributed by atoms with Gasteiger partial charge in [-0.05, 0) is 41.2 Å². The Kier molecular flexibility index (Phi) is 7.66. The first kappa shape index (κ1) is 23.4. The highest BCUT2D eigenvalue weighted by atomic mass is 16.5. The average molecular weight is 442 g/mol. The van der Waals surface area contributed by atoms with Gasteiger partial charge in [-0.15, -0.1) is 0 Å². The monoisotopic (exact) mass is 441 g/mol. The van der Waals surface area contributed by atoms with Crippen molar-refractivity contribution in [3.63, 3.8) is 0 Å². The van der Waals surface area contributed by atoms with Crippen molar-refractivity contribution in [2.75, 3.05) is 52.5 Å². The highest BCUT2D eigenvalue weighted by Gasteiger charge is 2.50. The number of aliphatic hydroxyl groups is 1. The molecule has 2 bridgehead atoms. The Balaban J connectivity index is 1.08. The van der Waals surface area contributed by atoms with E-state index < -0.39 is 6.10 Å². The summed E-state index contributed by atoms with van der Waals surface area (Å²) in [4.78, 5) is 16.7. The van der Waals surface area contributed by atoms with Crippen LogP contribution in [0, 0.1) is 17.3 Å². The van der Waals surface area contributed by atoms with Crippen LogP contribution in [0.25, 0.3) is 0 Å². The van der Waals surface area contributed by atoms with Gasteiger partial charge in [0.05, 0.1) is 25.9 Å². The van der Waals surface area contributed by atoms with E-state index in [0.717, 1.165) is 37.7 Å². The highest BCUT2D eigenvalue weighted by Crippen LogP contribution is 2.59. The van der Waals surface area contributed by atoms with Crippen LogP contribution in [-0.2, 0) is 16.1 Å². The fourth-order valence-electron chi connectivity index (χ4n) is 5.49. The SMILES string of the molecule is CC1(C)C2CC=C(COCC(O)CN3CCN(CC(=O)NCc4ccccc4)CC3)C1C2. The van der Waals surface area contributed by atoms with Gasteiger partial charge in [0.15, 0.2) is 0 Å². The van der Waals surface area contributed by atoms with E-state index in [1.54, 1.807) is 0 Å². The maximum atomic E-state index is 12.2. The van der Waals surface area contributed by atoms with E-state index in [1.807, 2.05) is 30.3 Å². The average Bonchev–Trinajstić information content (AvgIpc) is 2.79. The van der Waals surface area contributed by atoms with Crippen molar-refractivity contribution in [1.29, 1.82) is 0 Å². The van der Waals surface area contributed by atoms with Crippen molar-refractivity contribution in [2.45, 2.75) is 39.3 Å². The van der Waals surface area contributed by atoms with Crippen LogP contribution in [0.3, 0.4) is 0 Å². The molecule has 0 radical (unpaired) electrons. The number of β-amino-alcohol motifs (C(OH)–C–C–N with tert-alkyl or cyclic N) is 1. The lowest BCUT2D eigenvalue weighted by molar-refractivity contribution is -0.122. The minimum atomic E-state index is -0.470. The first-order valence-electron chi connectivity index (χ1n) is 12.1. The van der Waals surface area contributed by atoms with Crippen LogP contribution in [0.2, 0.25) is 0 Å². The molecule has 32 heavy (non-hydrogen) atoms. The van der Waals surface area contributed by atoms with Crippen LogP contribution in [-0.4, -0.2) is 79.4 Å². The highest BCUT2D eigenvalue weighted by molar-refractivity contribution is 5.78. The summed E-state index contributed by atoms with van der Waals surface area (Å²) in [6, 6.07) is 9.98. The number of piperazine rings is 1. The van der Waals surface area contributed by atoms with Crippen molar-refractivity contribution >= 4 is 5.91 Å². The Hall–Kier alpha value is -1.73. The molecule has 1 aliphatic heterocycles. The number of rotatable bonds is 10. The number of amides is 1. The molecule has 6 nitrogen and oxygen atoms in total. The molecule has 3 atom stereocenters. The molecule has 5 rings (SSSR count). The Morgan fingerprint density at radius 1 is 1.19 bits per heavy atom. The molecule has 176 valence electrons. The van der Waals surface area contributed by atoms with Crippen molar-refractivity contribution in [1.82, 2.24) is 15.1 Å². The minimum absolute atomic E-state index is 0.0636. The van der Waals surface area contributed by atoms with E-state index in [1.165, 1.54) is 18.4 Å². The number of allylic oxidation sites excluding steroid dienone is 1. The lowest BCUT2D eigenvalue weighted by Crippen LogP contribution is -2.51. The van der Waals surface area contributed by atoms with Crippen LogP contribution in [0.4, 0.5) is 0 Å². The molecule has 1 aromatic carbocycles. The Morgan fingerprint density at radius 2 is 1.91 bits per heavy atom. The summed E-state index contributed by atoms with van der Waals surface area (Å²) in [6.07, 6.45) is 4.38. The zero-order valence-corrected chi connectivity index (χ0v) is 19.6. The van der Waals surface area contributed by atoms with Gasteiger partial charge in [-0.1, -0.05) is 50.3 Å². The molecule has 2 N–H and O–H groups in total. The van der Waals surface area contributed by atoms with Gasteiger partial charge in [0.2, 0.25) is 5.91 Å². The third kappa shape index (κ3) is 5.79. The number of aliphatic hydroxyl groups excluding tert-OH is 1. The van der Waals surface area contributed by atoms with Gasteiger partial charge >= 0.3 is 0 Å². The number of carbonyl (C=O) groups excluding carboxylic acids is 1. The van der Waals surface area contributed by atoms with Gasteiger partial charge in [-0.2, -0.15) is 0 Å². The van der Waals surface area contributed by atoms with Gasteiger partial charge in [-0.25, -0.2) is 0 Å². The van der Waals surface area contributed by atoms with E-state index in [2.05, 4.69) is 35.0 Å². The molecule has 0 aromatic heterocycles. The number of hydrogen-bond acceptors (Lipinski definition) is 5. The molecule has 3 unspecified atom stereocenters. The normalized spacial score (nSPS) is 26.2. The van der Waals surface area contributed by atoms with Crippen LogP contribution >= 0.6 is 0 Å².